The number of hydrogen-bond donors (Lipinski definition) is 1. The van der Waals surface area contributed by atoms with Crippen molar-refractivity contribution in [3.63, 3.8) is 0 Å². The molecule has 21 heavy (non-hydrogen) atoms. The normalized spacial score (nSPS) is 11.8. The summed E-state index contributed by atoms with van der Waals surface area (Å²) in [7, 11) is 0. The fraction of sp³-hybridized carbons (Fsp3) is 0.235. The summed E-state index contributed by atoms with van der Waals surface area (Å²) in [4.78, 5) is 12.0. The summed E-state index contributed by atoms with van der Waals surface area (Å²) in [5.41, 5.74) is 1.82. The van der Waals surface area contributed by atoms with E-state index in [1.54, 1.807) is 19.1 Å². The first kappa shape index (κ1) is 15.0. The van der Waals surface area contributed by atoms with Crippen LogP contribution in [0.5, 0.6) is 5.75 Å². The summed E-state index contributed by atoms with van der Waals surface area (Å²) in [5.74, 6) is 0.200. The zero-order chi connectivity index (χ0) is 15.2. The number of ether oxygens (including phenoxy) is 1. The topological polar surface area (TPSA) is 38.3 Å². The number of hydrogen-bond acceptors (Lipinski definition) is 2. The SMILES string of the molecule is Cc1ccccc1O[C@H](C)C(=O)NCc1ccc(F)cc1. The first-order valence-electron chi connectivity index (χ1n) is 6.80. The fourth-order valence-corrected chi connectivity index (χ4v) is 1.87. The van der Waals surface area contributed by atoms with Crippen molar-refractivity contribution in [2.24, 2.45) is 0 Å². The smallest absolute Gasteiger partial charge is 0.261 e. The van der Waals surface area contributed by atoms with Gasteiger partial charge in [-0.1, -0.05) is 30.3 Å². The third-order valence-corrected chi connectivity index (χ3v) is 3.15. The maximum Gasteiger partial charge on any atom is 0.261 e. The maximum absolute atomic E-state index is 12.8. The molecule has 1 N–H and O–H groups in total. The Kier molecular flexibility index (Phi) is 4.93. The van der Waals surface area contributed by atoms with Gasteiger partial charge in [-0.3, -0.25) is 4.79 Å². The first-order valence-corrected chi connectivity index (χ1v) is 6.80. The Hall–Kier alpha value is -2.36. The van der Waals surface area contributed by atoms with Crippen molar-refractivity contribution < 1.29 is 13.9 Å². The zero-order valence-electron chi connectivity index (χ0n) is 12.1. The van der Waals surface area contributed by atoms with Gasteiger partial charge in [0, 0.05) is 6.54 Å². The molecule has 1 amide bonds. The Morgan fingerprint density at radius 1 is 1.19 bits per heavy atom. The van der Waals surface area contributed by atoms with Crippen molar-refractivity contribution in [1.29, 1.82) is 0 Å². The molecule has 0 aliphatic rings. The van der Waals surface area contributed by atoms with E-state index in [0.29, 0.717) is 12.3 Å². The highest BCUT2D eigenvalue weighted by molar-refractivity contribution is 5.80. The van der Waals surface area contributed by atoms with E-state index in [0.717, 1.165) is 11.1 Å². The second kappa shape index (κ2) is 6.88. The van der Waals surface area contributed by atoms with Gasteiger partial charge in [0.25, 0.3) is 5.91 Å². The lowest BCUT2D eigenvalue weighted by Crippen LogP contribution is -2.36. The van der Waals surface area contributed by atoms with E-state index in [1.807, 2.05) is 31.2 Å². The number of carbonyl (C=O) groups is 1. The van der Waals surface area contributed by atoms with E-state index in [-0.39, 0.29) is 11.7 Å². The number of amides is 1. The first-order chi connectivity index (χ1) is 10.1. The van der Waals surface area contributed by atoms with Gasteiger partial charge in [0.2, 0.25) is 0 Å². The molecule has 3 nitrogen and oxygen atoms in total. The van der Waals surface area contributed by atoms with Crippen molar-refractivity contribution in [1.82, 2.24) is 5.32 Å². The van der Waals surface area contributed by atoms with Gasteiger partial charge in [0.05, 0.1) is 0 Å². The number of benzene rings is 2. The minimum Gasteiger partial charge on any atom is -0.481 e. The third-order valence-electron chi connectivity index (χ3n) is 3.15. The molecule has 0 saturated heterocycles. The van der Waals surface area contributed by atoms with Gasteiger partial charge in [0.1, 0.15) is 11.6 Å². The van der Waals surface area contributed by atoms with Crippen molar-refractivity contribution in [2.45, 2.75) is 26.5 Å². The van der Waals surface area contributed by atoms with Crippen molar-refractivity contribution >= 4 is 5.91 Å². The van der Waals surface area contributed by atoms with Crippen LogP contribution in [0.4, 0.5) is 4.39 Å². The summed E-state index contributed by atoms with van der Waals surface area (Å²) >= 11 is 0. The number of rotatable bonds is 5. The van der Waals surface area contributed by atoms with Crippen LogP contribution in [0.3, 0.4) is 0 Å². The second-order valence-electron chi connectivity index (χ2n) is 4.87. The van der Waals surface area contributed by atoms with Gasteiger partial charge in [-0.05, 0) is 43.2 Å². The van der Waals surface area contributed by atoms with E-state index < -0.39 is 6.10 Å². The van der Waals surface area contributed by atoms with E-state index in [2.05, 4.69) is 5.32 Å². The molecule has 110 valence electrons. The van der Waals surface area contributed by atoms with Crippen molar-refractivity contribution in [3.8, 4) is 5.75 Å². The van der Waals surface area contributed by atoms with Crippen molar-refractivity contribution in [3.05, 3.63) is 65.5 Å². The highest BCUT2D eigenvalue weighted by Crippen LogP contribution is 2.17. The largest absolute Gasteiger partial charge is 0.481 e. The predicted octanol–water partition coefficient (Wildman–Crippen LogP) is 3.22. The van der Waals surface area contributed by atoms with Crippen LogP contribution in [0.15, 0.2) is 48.5 Å². The van der Waals surface area contributed by atoms with Gasteiger partial charge in [-0.15, -0.1) is 0 Å². The van der Waals surface area contributed by atoms with E-state index in [9.17, 15) is 9.18 Å². The van der Waals surface area contributed by atoms with Crippen LogP contribution in [-0.2, 0) is 11.3 Å². The molecular weight excluding hydrogens is 269 g/mol. The Morgan fingerprint density at radius 2 is 1.86 bits per heavy atom. The highest BCUT2D eigenvalue weighted by Gasteiger charge is 2.15. The van der Waals surface area contributed by atoms with Crippen LogP contribution in [0.2, 0.25) is 0 Å². The Bertz CT molecular complexity index is 610. The fourth-order valence-electron chi connectivity index (χ4n) is 1.87. The zero-order valence-corrected chi connectivity index (χ0v) is 12.1. The van der Waals surface area contributed by atoms with Crippen LogP contribution in [0, 0.1) is 12.7 Å². The minimum atomic E-state index is -0.591. The Morgan fingerprint density at radius 3 is 2.52 bits per heavy atom. The molecule has 2 aromatic carbocycles. The van der Waals surface area contributed by atoms with Crippen LogP contribution in [0.25, 0.3) is 0 Å². The summed E-state index contributed by atoms with van der Waals surface area (Å²) in [6.07, 6.45) is -0.591. The molecule has 0 radical (unpaired) electrons. The molecule has 2 rings (SSSR count). The lowest BCUT2D eigenvalue weighted by molar-refractivity contribution is -0.127. The molecule has 1 atom stereocenters. The van der Waals surface area contributed by atoms with Crippen LogP contribution >= 0.6 is 0 Å². The van der Waals surface area contributed by atoms with Gasteiger partial charge in [-0.25, -0.2) is 4.39 Å². The molecule has 0 bridgehead atoms. The maximum atomic E-state index is 12.8. The minimum absolute atomic E-state index is 0.206. The lowest BCUT2D eigenvalue weighted by atomic mass is 10.2. The third kappa shape index (κ3) is 4.31. The number of halogens is 1. The summed E-state index contributed by atoms with van der Waals surface area (Å²) in [5, 5.41) is 2.77. The molecule has 0 saturated carbocycles. The van der Waals surface area contributed by atoms with Crippen LogP contribution < -0.4 is 10.1 Å². The summed E-state index contributed by atoms with van der Waals surface area (Å²) < 4.78 is 18.4. The molecule has 0 aromatic heterocycles. The molecule has 4 heteroatoms. The van der Waals surface area contributed by atoms with E-state index >= 15 is 0 Å². The second-order valence-corrected chi connectivity index (χ2v) is 4.87. The van der Waals surface area contributed by atoms with Gasteiger partial charge < -0.3 is 10.1 Å². The number of carbonyl (C=O) groups excluding carboxylic acids is 1. The number of aryl methyl sites for hydroxylation is 1. The lowest BCUT2D eigenvalue weighted by Gasteiger charge is -2.16. The summed E-state index contributed by atoms with van der Waals surface area (Å²) in [6, 6.07) is 13.6. The molecule has 0 fully saturated rings. The molecule has 0 spiro atoms. The monoisotopic (exact) mass is 287 g/mol. The standard InChI is InChI=1S/C17H18FNO2/c1-12-5-3-4-6-16(12)21-13(2)17(20)19-11-14-7-9-15(18)10-8-14/h3-10,13H,11H2,1-2H3,(H,19,20)/t13-/m1/s1. The van der Waals surface area contributed by atoms with Gasteiger partial charge in [-0.2, -0.15) is 0 Å². The molecule has 0 aliphatic heterocycles. The quantitative estimate of drug-likeness (QED) is 0.917. The average molecular weight is 287 g/mol. The Balaban J connectivity index is 1.88. The molecule has 0 heterocycles. The van der Waals surface area contributed by atoms with E-state index in [4.69, 9.17) is 4.74 Å². The molecule has 0 aliphatic carbocycles. The van der Waals surface area contributed by atoms with Gasteiger partial charge in [0.15, 0.2) is 6.10 Å². The highest BCUT2D eigenvalue weighted by atomic mass is 19.1. The average Bonchev–Trinajstić information content (AvgIpc) is 2.48. The predicted molar refractivity (Wildman–Crippen MR) is 79.5 cm³/mol. The molecule has 0 unspecified atom stereocenters. The Labute approximate surface area is 123 Å². The van der Waals surface area contributed by atoms with Crippen LogP contribution in [-0.4, -0.2) is 12.0 Å². The number of para-hydroxylation sites is 1. The molecule has 2 aromatic rings. The van der Waals surface area contributed by atoms with E-state index in [1.165, 1.54) is 12.1 Å². The van der Waals surface area contributed by atoms with Crippen LogP contribution in [0.1, 0.15) is 18.1 Å². The molecular formula is C17H18FNO2. The number of nitrogens with one attached hydrogen (secondary N) is 1. The van der Waals surface area contributed by atoms with Gasteiger partial charge >= 0.3 is 0 Å². The summed E-state index contributed by atoms with van der Waals surface area (Å²) in [6.45, 7) is 3.98. The van der Waals surface area contributed by atoms with Crippen molar-refractivity contribution in [2.75, 3.05) is 0 Å².